The molecule has 0 radical (unpaired) electrons. The second kappa shape index (κ2) is 7.82. The molecule has 0 fully saturated rings. The Kier molecular flexibility index (Phi) is 5.81. The molecule has 1 unspecified atom stereocenters. The standard InChI is InChI=1S/C18H22O4/c1-4-22-12-13-5-7-14(8-6-13)18(19)15-9-10-16(20-2)17(11-15)21-3/h5-11,18-19H,4,12H2,1-3H3. The van der Waals surface area contributed by atoms with Gasteiger partial charge in [-0.25, -0.2) is 0 Å². The Bertz CT molecular complexity index is 593. The molecule has 4 nitrogen and oxygen atoms in total. The number of rotatable bonds is 7. The van der Waals surface area contributed by atoms with Gasteiger partial charge in [0, 0.05) is 6.61 Å². The molecule has 0 spiro atoms. The summed E-state index contributed by atoms with van der Waals surface area (Å²) in [6, 6.07) is 13.2. The van der Waals surface area contributed by atoms with E-state index in [1.807, 2.05) is 37.3 Å². The molecule has 0 aliphatic rings. The SMILES string of the molecule is CCOCc1ccc(C(O)c2ccc(OC)c(OC)c2)cc1. The van der Waals surface area contributed by atoms with Crippen LogP contribution in [0, 0.1) is 0 Å². The summed E-state index contributed by atoms with van der Waals surface area (Å²) in [4.78, 5) is 0. The molecule has 0 saturated carbocycles. The second-order valence-corrected chi connectivity index (χ2v) is 4.90. The third kappa shape index (κ3) is 3.78. The van der Waals surface area contributed by atoms with Crippen LogP contribution in [0.4, 0.5) is 0 Å². The summed E-state index contributed by atoms with van der Waals surface area (Å²) in [6.45, 7) is 3.24. The smallest absolute Gasteiger partial charge is 0.161 e. The van der Waals surface area contributed by atoms with Gasteiger partial charge >= 0.3 is 0 Å². The molecule has 0 heterocycles. The number of hydrogen-bond acceptors (Lipinski definition) is 4. The molecular weight excluding hydrogens is 280 g/mol. The number of aliphatic hydroxyl groups is 1. The molecule has 4 heteroatoms. The zero-order valence-corrected chi connectivity index (χ0v) is 13.2. The molecule has 1 atom stereocenters. The maximum atomic E-state index is 10.5. The number of ether oxygens (including phenoxy) is 3. The molecule has 0 amide bonds. The van der Waals surface area contributed by atoms with Crippen LogP contribution in [0.15, 0.2) is 42.5 Å². The lowest BCUT2D eigenvalue weighted by atomic mass is 10.00. The first-order valence-electron chi connectivity index (χ1n) is 7.26. The van der Waals surface area contributed by atoms with Gasteiger partial charge in [0.2, 0.25) is 0 Å². The summed E-state index contributed by atoms with van der Waals surface area (Å²) in [5.74, 6) is 1.25. The molecule has 0 aromatic heterocycles. The summed E-state index contributed by atoms with van der Waals surface area (Å²) in [7, 11) is 3.17. The third-order valence-electron chi connectivity index (χ3n) is 3.49. The fourth-order valence-electron chi connectivity index (χ4n) is 2.23. The van der Waals surface area contributed by atoms with Gasteiger partial charge in [-0.3, -0.25) is 0 Å². The lowest BCUT2D eigenvalue weighted by Gasteiger charge is -2.15. The van der Waals surface area contributed by atoms with Crippen LogP contribution < -0.4 is 9.47 Å². The van der Waals surface area contributed by atoms with E-state index in [1.54, 1.807) is 26.4 Å². The molecule has 1 N–H and O–H groups in total. The highest BCUT2D eigenvalue weighted by Crippen LogP contribution is 2.32. The van der Waals surface area contributed by atoms with Crippen molar-refractivity contribution < 1.29 is 19.3 Å². The van der Waals surface area contributed by atoms with Crippen LogP contribution in [-0.2, 0) is 11.3 Å². The van der Waals surface area contributed by atoms with Crippen molar-refractivity contribution in [1.82, 2.24) is 0 Å². The van der Waals surface area contributed by atoms with Crippen LogP contribution in [0.2, 0.25) is 0 Å². The minimum atomic E-state index is -0.707. The average molecular weight is 302 g/mol. The van der Waals surface area contributed by atoms with Gasteiger partial charge in [0.1, 0.15) is 6.10 Å². The van der Waals surface area contributed by atoms with E-state index < -0.39 is 6.10 Å². The van der Waals surface area contributed by atoms with Crippen LogP contribution in [-0.4, -0.2) is 25.9 Å². The largest absolute Gasteiger partial charge is 0.493 e. The average Bonchev–Trinajstić information content (AvgIpc) is 2.59. The van der Waals surface area contributed by atoms with Gasteiger partial charge in [0.05, 0.1) is 20.8 Å². The Balaban J connectivity index is 2.18. The fraction of sp³-hybridized carbons (Fsp3) is 0.333. The molecule has 2 rings (SSSR count). The van der Waals surface area contributed by atoms with E-state index in [-0.39, 0.29) is 0 Å². The molecule has 2 aromatic carbocycles. The summed E-state index contributed by atoms with van der Waals surface area (Å²) in [5.41, 5.74) is 2.67. The highest BCUT2D eigenvalue weighted by atomic mass is 16.5. The Hall–Kier alpha value is -2.04. The van der Waals surface area contributed by atoms with Gasteiger partial charge in [0.25, 0.3) is 0 Å². The van der Waals surface area contributed by atoms with E-state index in [1.165, 1.54) is 0 Å². The van der Waals surface area contributed by atoms with E-state index in [0.29, 0.717) is 24.7 Å². The van der Waals surface area contributed by atoms with E-state index in [9.17, 15) is 5.11 Å². The predicted molar refractivity (Wildman–Crippen MR) is 85.4 cm³/mol. The molecule has 22 heavy (non-hydrogen) atoms. The fourth-order valence-corrected chi connectivity index (χ4v) is 2.23. The van der Waals surface area contributed by atoms with Gasteiger partial charge < -0.3 is 19.3 Å². The molecule has 0 aliphatic heterocycles. The monoisotopic (exact) mass is 302 g/mol. The first-order valence-corrected chi connectivity index (χ1v) is 7.26. The van der Waals surface area contributed by atoms with Crippen molar-refractivity contribution in [3.05, 3.63) is 59.2 Å². The molecule has 0 bridgehead atoms. The molecule has 0 saturated heterocycles. The van der Waals surface area contributed by atoms with Crippen LogP contribution in [0.25, 0.3) is 0 Å². The van der Waals surface area contributed by atoms with E-state index in [4.69, 9.17) is 14.2 Å². The normalized spacial score (nSPS) is 12.0. The van der Waals surface area contributed by atoms with Crippen molar-refractivity contribution in [3.8, 4) is 11.5 Å². The third-order valence-corrected chi connectivity index (χ3v) is 3.49. The van der Waals surface area contributed by atoms with Gasteiger partial charge in [-0.1, -0.05) is 30.3 Å². The summed E-state index contributed by atoms with van der Waals surface area (Å²) in [5, 5.41) is 10.5. The lowest BCUT2D eigenvalue weighted by Crippen LogP contribution is -2.01. The van der Waals surface area contributed by atoms with Crippen molar-refractivity contribution in [2.45, 2.75) is 19.6 Å². The van der Waals surface area contributed by atoms with Crippen molar-refractivity contribution in [2.75, 3.05) is 20.8 Å². The molecular formula is C18H22O4. The highest BCUT2D eigenvalue weighted by Gasteiger charge is 2.13. The van der Waals surface area contributed by atoms with Gasteiger partial charge in [0.15, 0.2) is 11.5 Å². The zero-order valence-electron chi connectivity index (χ0n) is 13.2. The first-order chi connectivity index (χ1) is 10.7. The molecule has 0 aliphatic carbocycles. The summed E-state index contributed by atoms with van der Waals surface area (Å²) >= 11 is 0. The van der Waals surface area contributed by atoms with Crippen LogP contribution in [0.1, 0.15) is 29.7 Å². The topological polar surface area (TPSA) is 47.9 Å². The summed E-state index contributed by atoms with van der Waals surface area (Å²) < 4.78 is 15.9. The maximum absolute atomic E-state index is 10.5. The van der Waals surface area contributed by atoms with Gasteiger partial charge in [-0.15, -0.1) is 0 Å². The van der Waals surface area contributed by atoms with E-state index >= 15 is 0 Å². The van der Waals surface area contributed by atoms with Crippen molar-refractivity contribution in [2.24, 2.45) is 0 Å². The number of hydrogen-bond donors (Lipinski definition) is 1. The van der Waals surface area contributed by atoms with Gasteiger partial charge in [-0.2, -0.15) is 0 Å². The second-order valence-electron chi connectivity index (χ2n) is 4.90. The van der Waals surface area contributed by atoms with Crippen molar-refractivity contribution in [3.63, 3.8) is 0 Å². The van der Waals surface area contributed by atoms with E-state index in [2.05, 4.69) is 0 Å². The molecule has 118 valence electrons. The summed E-state index contributed by atoms with van der Waals surface area (Å²) in [6.07, 6.45) is -0.707. The van der Waals surface area contributed by atoms with Crippen LogP contribution in [0.5, 0.6) is 11.5 Å². The number of methoxy groups -OCH3 is 2. The zero-order chi connectivity index (χ0) is 15.9. The maximum Gasteiger partial charge on any atom is 0.161 e. The van der Waals surface area contributed by atoms with Gasteiger partial charge in [-0.05, 0) is 35.7 Å². The lowest BCUT2D eigenvalue weighted by molar-refractivity contribution is 0.134. The first kappa shape index (κ1) is 16.3. The number of aliphatic hydroxyl groups excluding tert-OH is 1. The number of benzene rings is 2. The van der Waals surface area contributed by atoms with Crippen molar-refractivity contribution >= 4 is 0 Å². The Morgan fingerprint density at radius 3 is 2.14 bits per heavy atom. The quantitative estimate of drug-likeness (QED) is 0.852. The van der Waals surface area contributed by atoms with E-state index in [0.717, 1.165) is 16.7 Å². The minimum Gasteiger partial charge on any atom is -0.493 e. The molecule has 2 aromatic rings. The highest BCUT2D eigenvalue weighted by molar-refractivity contribution is 5.45. The Morgan fingerprint density at radius 1 is 0.909 bits per heavy atom. The van der Waals surface area contributed by atoms with Crippen molar-refractivity contribution in [1.29, 1.82) is 0 Å². The van der Waals surface area contributed by atoms with Crippen LogP contribution in [0.3, 0.4) is 0 Å². The Morgan fingerprint density at radius 2 is 1.55 bits per heavy atom. The van der Waals surface area contributed by atoms with Crippen LogP contribution >= 0.6 is 0 Å². The Labute approximate surface area is 131 Å². The minimum absolute atomic E-state index is 0.587. The predicted octanol–water partition coefficient (Wildman–Crippen LogP) is 3.32.